The number of rotatable bonds is 8. The topological polar surface area (TPSA) is 70.2 Å². The van der Waals surface area contributed by atoms with Crippen molar-refractivity contribution in [3.8, 4) is 5.75 Å². The number of benzene rings is 1. The fourth-order valence-electron chi connectivity index (χ4n) is 2.41. The van der Waals surface area contributed by atoms with E-state index in [1.165, 1.54) is 0 Å². The van der Waals surface area contributed by atoms with Crippen LogP contribution >= 0.6 is 0 Å². The molecule has 2 N–H and O–H groups in total. The second kappa shape index (κ2) is 8.33. The minimum atomic E-state index is 0.00526. The second-order valence-corrected chi connectivity index (χ2v) is 5.60. The molecule has 1 heterocycles. The van der Waals surface area contributed by atoms with E-state index < -0.39 is 0 Å². The van der Waals surface area contributed by atoms with Crippen LogP contribution in [-0.4, -0.2) is 48.0 Å². The molecular formula is C17H24N4O2. The van der Waals surface area contributed by atoms with Crippen molar-refractivity contribution in [2.24, 2.45) is 0 Å². The van der Waals surface area contributed by atoms with Crippen molar-refractivity contribution >= 4 is 5.91 Å². The van der Waals surface area contributed by atoms with Crippen molar-refractivity contribution in [3.05, 3.63) is 47.5 Å². The highest BCUT2D eigenvalue weighted by atomic mass is 16.5. The Bertz CT molecular complexity index is 639. The molecule has 2 rings (SSSR count). The van der Waals surface area contributed by atoms with Crippen LogP contribution in [0.3, 0.4) is 0 Å². The van der Waals surface area contributed by atoms with Gasteiger partial charge in [-0.15, -0.1) is 0 Å². The van der Waals surface area contributed by atoms with Gasteiger partial charge in [-0.25, -0.2) is 4.98 Å². The summed E-state index contributed by atoms with van der Waals surface area (Å²) in [6.07, 6.45) is 2.54. The van der Waals surface area contributed by atoms with Gasteiger partial charge in [-0.05, 0) is 32.0 Å². The zero-order valence-corrected chi connectivity index (χ0v) is 13.9. The molecule has 6 heteroatoms. The van der Waals surface area contributed by atoms with Crippen LogP contribution in [0, 0.1) is 6.92 Å². The van der Waals surface area contributed by atoms with Crippen molar-refractivity contribution in [2.45, 2.75) is 19.9 Å². The van der Waals surface area contributed by atoms with Crippen LogP contribution < -0.4 is 10.1 Å². The molecule has 124 valence electrons. The summed E-state index contributed by atoms with van der Waals surface area (Å²) in [5.41, 5.74) is 2.12. The number of methoxy groups -OCH3 is 1. The van der Waals surface area contributed by atoms with Gasteiger partial charge in [-0.1, -0.05) is 18.2 Å². The molecule has 0 saturated carbocycles. The second-order valence-electron chi connectivity index (χ2n) is 5.60. The van der Waals surface area contributed by atoms with Gasteiger partial charge in [0.2, 0.25) is 5.91 Å². The lowest BCUT2D eigenvalue weighted by Crippen LogP contribution is -2.36. The summed E-state index contributed by atoms with van der Waals surface area (Å²) in [7, 11) is 3.56. The summed E-state index contributed by atoms with van der Waals surface area (Å²) in [6, 6.07) is 7.84. The Morgan fingerprint density at radius 3 is 2.87 bits per heavy atom. The number of amides is 1. The largest absolute Gasteiger partial charge is 0.496 e. The predicted octanol–water partition coefficient (Wildman–Crippen LogP) is 1.52. The lowest BCUT2D eigenvalue weighted by molar-refractivity contribution is -0.122. The standard InChI is InChI=1S/C17H24N4O2/c1-13-10-19-16(20-13)11-21(2)12-17(22)18-9-8-14-6-4-5-7-15(14)23-3/h4-7,10H,8-9,11-12H2,1-3H3,(H,18,22)(H,19,20). The maximum absolute atomic E-state index is 12.0. The lowest BCUT2D eigenvalue weighted by atomic mass is 10.1. The zero-order chi connectivity index (χ0) is 16.7. The van der Waals surface area contributed by atoms with E-state index in [1.807, 2.05) is 43.1 Å². The number of nitrogens with zero attached hydrogens (tertiary/aromatic N) is 2. The van der Waals surface area contributed by atoms with Gasteiger partial charge in [-0.3, -0.25) is 9.69 Å². The number of imidazole rings is 1. The van der Waals surface area contributed by atoms with E-state index in [1.54, 1.807) is 13.3 Å². The van der Waals surface area contributed by atoms with Gasteiger partial charge < -0.3 is 15.0 Å². The minimum absolute atomic E-state index is 0.00526. The number of carbonyl (C=O) groups is 1. The summed E-state index contributed by atoms with van der Waals surface area (Å²) in [5.74, 6) is 1.73. The molecule has 0 aliphatic rings. The van der Waals surface area contributed by atoms with Crippen LogP contribution in [0.1, 0.15) is 17.1 Å². The Labute approximate surface area is 136 Å². The Hall–Kier alpha value is -2.34. The van der Waals surface area contributed by atoms with Crippen LogP contribution in [0.4, 0.5) is 0 Å². The van der Waals surface area contributed by atoms with Gasteiger partial charge in [0, 0.05) is 18.4 Å². The highest BCUT2D eigenvalue weighted by molar-refractivity contribution is 5.77. The fraction of sp³-hybridized carbons (Fsp3) is 0.412. The van der Waals surface area contributed by atoms with Gasteiger partial charge in [0.1, 0.15) is 11.6 Å². The molecule has 0 fully saturated rings. The molecule has 0 atom stereocenters. The number of carbonyl (C=O) groups excluding carboxylic acids is 1. The van der Waals surface area contributed by atoms with E-state index in [4.69, 9.17) is 4.74 Å². The Kier molecular flexibility index (Phi) is 6.17. The molecule has 23 heavy (non-hydrogen) atoms. The third-order valence-electron chi connectivity index (χ3n) is 3.50. The van der Waals surface area contributed by atoms with Crippen LogP contribution in [0.15, 0.2) is 30.5 Å². The molecule has 0 aliphatic heterocycles. The Morgan fingerprint density at radius 2 is 2.17 bits per heavy atom. The summed E-state index contributed by atoms with van der Waals surface area (Å²) in [4.78, 5) is 21.3. The number of H-pyrrole nitrogens is 1. The van der Waals surface area contributed by atoms with Gasteiger partial charge in [-0.2, -0.15) is 0 Å². The number of aryl methyl sites for hydroxylation is 1. The number of aromatic amines is 1. The zero-order valence-electron chi connectivity index (χ0n) is 13.9. The molecule has 0 spiro atoms. The summed E-state index contributed by atoms with van der Waals surface area (Å²) >= 11 is 0. The smallest absolute Gasteiger partial charge is 0.234 e. The number of aromatic nitrogens is 2. The number of nitrogens with one attached hydrogen (secondary N) is 2. The maximum Gasteiger partial charge on any atom is 0.234 e. The van der Waals surface area contributed by atoms with Crippen molar-refractivity contribution < 1.29 is 9.53 Å². The number of ether oxygens (including phenoxy) is 1. The fourth-order valence-corrected chi connectivity index (χ4v) is 2.41. The van der Waals surface area contributed by atoms with Crippen molar-refractivity contribution in [1.82, 2.24) is 20.2 Å². The number of likely N-dealkylation sites (N-methyl/N-ethyl adjacent to an activating group) is 1. The summed E-state index contributed by atoms with van der Waals surface area (Å²) in [5, 5.41) is 2.94. The van der Waals surface area contributed by atoms with Crippen LogP contribution in [0.5, 0.6) is 5.75 Å². The third kappa shape index (κ3) is 5.41. The SMILES string of the molecule is COc1ccccc1CCNC(=O)CN(C)Cc1ncc(C)[nH]1. The molecule has 0 saturated heterocycles. The van der Waals surface area contributed by atoms with E-state index in [0.717, 1.165) is 29.3 Å². The average Bonchev–Trinajstić information content (AvgIpc) is 2.92. The highest BCUT2D eigenvalue weighted by Crippen LogP contribution is 2.17. The molecule has 1 amide bonds. The van der Waals surface area contributed by atoms with E-state index in [9.17, 15) is 4.79 Å². The first kappa shape index (κ1) is 17.0. The van der Waals surface area contributed by atoms with Crippen LogP contribution in [0.2, 0.25) is 0 Å². The van der Waals surface area contributed by atoms with Crippen LogP contribution in [-0.2, 0) is 17.8 Å². The third-order valence-corrected chi connectivity index (χ3v) is 3.50. The normalized spacial score (nSPS) is 10.8. The van der Waals surface area contributed by atoms with Crippen molar-refractivity contribution in [1.29, 1.82) is 0 Å². The molecule has 2 aromatic rings. The highest BCUT2D eigenvalue weighted by Gasteiger charge is 2.09. The molecule has 1 aromatic heterocycles. The van der Waals surface area contributed by atoms with Gasteiger partial charge in [0.15, 0.2) is 0 Å². The molecule has 0 radical (unpaired) electrons. The molecule has 0 unspecified atom stereocenters. The number of para-hydroxylation sites is 1. The quantitative estimate of drug-likeness (QED) is 0.774. The molecule has 0 bridgehead atoms. The first-order valence-electron chi connectivity index (χ1n) is 7.66. The first-order valence-corrected chi connectivity index (χ1v) is 7.66. The van der Waals surface area contributed by atoms with Crippen molar-refractivity contribution in [2.75, 3.05) is 27.2 Å². The first-order chi connectivity index (χ1) is 11.1. The molecule has 1 aromatic carbocycles. The number of hydrogen-bond acceptors (Lipinski definition) is 4. The van der Waals surface area contributed by atoms with E-state index in [-0.39, 0.29) is 5.91 Å². The maximum atomic E-state index is 12.0. The van der Waals surface area contributed by atoms with E-state index >= 15 is 0 Å². The summed E-state index contributed by atoms with van der Waals surface area (Å²) in [6.45, 7) is 3.51. The van der Waals surface area contributed by atoms with E-state index in [2.05, 4.69) is 15.3 Å². The van der Waals surface area contributed by atoms with Crippen molar-refractivity contribution in [3.63, 3.8) is 0 Å². The van der Waals surface area contributed by atoms with Gasteiger partial charge >= 0.3 is 0 Å². The van der Waals surface area contributed by atoms with E-state index in [0.29, 0.717) is 19.6 Å². The molecule has 0 aliphatic carbocycles. The number of hydrogen-bond donors (Lipinski definition) is 2. The van der Waals surface area contributed by atoms with Gasteiger partial charge in [0.25, 0.3) is 0 Å². The monoisotopic (exact) mass is 316 g/mol. The lowest BCUT2D eigenvalue weighted by Gasteiger charge is -2.15. The Morgan fingerprint density at radius 1 is 1.39 bits per heavy atom. The van der Waals surface area contributed by atoms with Crippen LogP contribution in [0.25, 0.3) is 0 Å². The molecule has 6 nitrogen and oxygen atoms in total. The summed E-state index contributed by atoms with van der Waals surface area (Å²) < 4.78 is 5.30. The van der Waals surface area contributed by atoms with Gasteiger partial charge in [0.05, 0.1) is 20.2 Å². The molecular weight excluding hydrogens is 292 g/mol. The predicted molar refractivity (Wildman–Crippen MR) is 89.4 cm³/mol. The average molecular weight is 316 g/mol. The Balaban J connectivity index is 1.72. The minimum Gasteiger partial charge on any atom is -0.496 e.